The topological polar surface area (TPSA) is 94.4 Å². The van der Waals surface area contributed by atoms with E-state index in [0.29, 0.717) is 32.0 Å². The molecule has 0 aromatic carbocycles. The summed E-state index contributed by atoms with van der Waals surface area (Å²) in [5.74, 6) is 0.642. The molecule has 3 N–H and O–H groups in total. The molecule has 1 aromatic heterocycles. The first-order valence-corrected chi connectivity index (χ1v) is 4.56. The second-order valence-corrected chi connectivity index (χ2v) is 2.78. The van der Waals surface area contributed by atoms with Gasteiger partial charge < -0.3 is 20.1 Å². The first-order valence-electron chi connectivity index (χ1n) is 4.56. The number of nitrogens with two attached hydrogens (primary N) is 1. The number of aliphatic hydroxyl groups excluding tert-OH is 1. The molecule has 0 fully saturated rings. The number of rotatable bonds is 6. The Morgan fingerprint density at radius 3 is 3.07 bits per heavy atom. The van der Waals surface area contributed by atoms with Crippen molar-refractivity contribution in [2.75, 3.05) is 13.2 Å². The zero-order valence-corrected chi connectivity index (χ0v) is 8.14. The lowest BCUT2D eigenvalue weighted by Crippen LogP contribution is -2.07. The number of hydrogen-bond donors (Lipinski definition) is 2. The number of ether oxygens (including phenoxy) is 1. The standard InChI is InChI=1S/C8H15N3O3/c1-2-13-5-7-10-8(14-11-7)6(12)3-4-9/h6,12H,2-5,9H2,1H3/t6-/m0/s1. The van der Waals surface area contributed by atoms with E-state index in [2.05, 4.69) is 10.1 Å². The highest BCUT2D eigenvalue weighted by Gasteiger charge is 2.14. The van der Waals surface area contributed by atoms with Crippen molar-refractivity contribution in [1.82, 2.24) is 10.1 Å². The minimum atomic E-state index is -0.775. The van der Waals surface area contributed by atoms with E-state index >= 15 is 0 Å². The second kappa shape index (κ2) is 5.69. The van der Waals surface area contributed by atoms with Gasteiger partial charge >= 0.3 is 0 Å². The van der Waals surface area contributed by atoms with Crippen LogP contribution < -0.4 is 5.73 Å². The summed E-state index contributed by atoms with van der Waals surface area (Å²) < 4.78 is 9.91. The molecule has 1 rings (SSSR count). The number of hydrogen-bond acceptors (Lipinski definition) is 6. The summed E-state index contributed by atoms with van der Waals surface area (Å²) in [6, 6.07) is 0. The minimum Gasteiger partial charge on any atom is -0.383 e. The second-order valence-electron chi connectivity index (χ2n) is 2.78. The molecular weight excluding hydrogens is 186 g/mol. The number of aromatic nitrogens is 2. The molecule has 0 aliphatic heterocycles. The van der Waals surface area contributed by atoms with Crippen molar-refractivity contribution in [3.8, 4) is 0 Å². The molecule has 0 aliphatic carbocycles. The van der Waals surface area contributed by atoms with Gasteiger partial charge in [0, 0.05) is 6.61 Å². The Morgan fingerprint density at radius 2 is 2.43 bits per heavy atom. The normalized spacial score (nSPS) is 13.1. The van der Waals surface area contributed by atoms with Crippen LogP contribution in [0, 0.1) is 0 Å². The van der Waals surface area contributed by atoms with E-state index in [4.69, 9.17) is 15.0 Å². The summed E-state index contributed by atoms with van der Waals surface area (Å²) >= 11 is 0. The average molecular weight is 201 g/mol. The van der Waals surface area contributed by atoms with Crippen LogP contribution in [0.25, 0.3) is 0 Å². The van der Waals surface area contributed by atoms with Crippen LogP contribution in [-0.4, -0.2) is 28.4 Å². The molecule has 0 bridgehead atoms. The van der Waals surface area contributed by atoms with Crippen LogP contribution in [0.5, 0.6) is 0 Å². The summed E-state index contributed by atoms with van der Waals surface area (Å²) in [5.41, 5.74) is 5.28. The third-order valence-corrected chi connectivity index (χ3v) is 1.64. The molecule has 0 saturated heterocycles. The Balaban J connectivity index is 2.49. The lowest BCUT2D eigenvalue weighted by atomic mass is 10.2. The molecule has 0 amide bonds. The van der Waals surface area contributed by atoms with Crippen LogP contribution in [0.4, 0.5) is 0 Å². The van der Waals surface area contributed by atoms with Gasteiger partial charge in [-0.1, -0.05) is 5.16 Å². The summed E-state index contributed by atoms with van der Waals surface area (Å²) in [6.45, 7) is 3.15. The lowest BCUT2D eigenvalue weighted by molar-refractivity contribution is 0.123. The van der Waals surface area contributed by atoms with Crippen LogP contribution in [-0.2, 0) is 11.3 Å². The van der Waals surface area contributed by atoms with Crippen LogP contribution in [0.15, 0.2) is 4.52 Å². The van der Waals surface area contributed by atoms with Crippen molar-refractivity contribution in [2.24, 2.45) is 5.73 Å². The van der Waals surface area contributed by atoms with Gasteiger partial charge in [-0.25, -0.2) is 0 Å². The lowest BCUT2D eigenvalue weighted by Gasteiger charge is -2.00. The molecule has 1 heterocycles. The summed E-state index contributed by atoms with van der Waals surface area (Å²) in [4.78, 5) is 3.96. The van der Waals surface area contributed by atoms with Gasteiger partial charge in [-0.05, 0) is 19.9 Å². The zero-order chi connectivity index (χ0) is 10.4. The maximum absolute atomic E-state index is 9.44. The predicted molar refractivity (Wildman–Crippen MR) is 48.3 cm³/mol. The van der Waals surface area contributed by atoms with Gasteiger partial charge in [0.05, 0.1) is 0 Å². The van der Waals surface area contributed by atoms with Crippen molar-refractivity contribution >= 4 is 0 Å². The molecule has 0 aliphatic rings. The SMILES string of the molecule is CCOCc1noc([C@@H](O)CCN)n1. The molecule has 14 heavy (non-hydrogen) atoms. The van der Waals surface area contributed by atoms with Gasteiger partial charge in [0.15, 0.2) is 5.82 Å². The Kier molecular flexibility index (Phi) is 4.51. The van der Waals surface area contributed by atoms with Gasteiger partial charge in [-0.2, -0.15) is 4.98 Å². The van der Waals surface area contributed by atoms with Crippen LogP contribution >= 0.6 is 0 Å². The Hall–Kier alpha value is -0.980. The highest BCUT2D eigenvalue weighted by atomic mass is 16.5. The highest BCUT2D eigenvalue weighted by molar-refractivity contribution is 4.88. The number of aliphatic hydroxyl groups is 1. The van der Waals surface area contributed by atoms with Crippen molar-refractivity contribution in [3.05, 3.63) is 11.7 Å². The van der Waals surface area contributed by atoms with Crippen LogP contribution in [0.2, 0.25) is 0 Å². The maximum atomic E-state index is 9.44. The van der Waals surface area contributed by atoms with Crippen molar-refractivity contribution in [1.29, 1.82) is 0 Å². The summed E-state index contributed by atoms with van der Waals surface area (Å²) in [6.07, 6.45) is -0.362. The monoisotopic (exact) mass is 201 g/mol. The molecule has 0 radical (unpaired) electrons. The van der Waals surface area contributed by atoms with Crippen molar-refractivity contribution < 1.29 is 14.4 Å². The Labute approximate surface area is 82.1 Å². The first kappa shape index (κ1) is 11.1. The van der Waals surface area contributed by atoms with Crippen molar-refractivity contribution in [3.63, 3.8) is 0 Å². The van der Waals surface area contributed by atoms with Gasteiger partial charge in [-0.15, -0.1) is 0 Å². The van der Waals surface area contributed by atoms with Crippen LogP contribution in [0.3, 0.4) is 0 Å². The molecule has 0 spiro atoms. The Morgan fingerprint density at radius 1 is 1.64 bits per heavy atom. The van der Waals surface area contributed by atoms with E-state index in [-0.39, 0.29) is 5.89 Å². The molecule has 6 nitrogen and oxygen atoms in total. The highest BCUT2D eigenvalue weighted by Crippen LogP contribution is 2.13. The van der Waals surface area contributed by atoms with E-state index in [0.717, 1.165) is 0 Å². The quantitative estimate of drug-likeness (QED) is 0.672. The van der Waals surface area contributed by atoms with Gasteiger partial charge in [0.25, 0.3) is 5.89 Å². The fourth-order valence-electron chi connectivity index (χ4n) is 0.936. The summed E-state index contributed by atoms with van der Waals surface area (Å²) in [7, 11) is 0. The van der Waals surface area contributed by atoms with E-state index in [1.54, 1.807) is 0 Å². The third-order valence-electron chi connectivity index (χ3n) is 1.64. The predicted octanol–water partition coefficient (Wildman–Crippen LogP) is -0.0117. The fourth-order valence-corrected chi connectivity index (χ4v) is 0.936. The molecular formula is C8H15N3O3. The largest absolute Gasteiger partial charge is 0.383 e. The smallest absolute Gasteiger partial charge is 0.255 e. The van der Waals surface area contributed by atoms with E-state index in [9.17, 15) is 5.11 Å². The van der Waals surface area contributed by atoms with E-state index < -0.39 is 6.10 Å². The molecule has 0 unspecified atom stereocenters. The van der Waals surface area contributed by atoms with Gasteiger partial charge in [0.2, 0.25) is 0 Å². The fraction of sp³-hybridized carbons (Fsp3) is 0.750. The van der Waals surface area contributed by atoms with Crippen LogP contribution in [0.1, 0.15) is 31.2 Å². The Bertz CT molecular complexity index is 264. The number of nitrogens with zero attached hydrogens (tertiary/aromatic N) is 2. The molecule has 1 aromatic rings. The van der Waals surface area contributed by atoms with Gasteiger partial charge in [0.1, 0.15) is 12.7 Å². The average Bonchev–Trinajstić information content (AvgIpc) is 2.63. The third kappa shape index (κ3) is 3.06. The summed E-state index contributed by atoms with van der Waals surface area (Å²) in [5, 5.41) is 13.1. The molecule has 6 heteroatoms. The van der Waals surface area contributed by atoms with E-state index in [1.165, 1.54) is 0 Å². The molecule has 80 valence electrons. The van der Waals surface area contributed by atoms with Gasteiger partial charge in [-0.3, -0.25) is 0 Å². The van der Waals surface area contributed by atoms with E-state index in [1.807, 2.05) is 6.92 Å². The van der Waals surface area contributed by atoms with Crippen molar-refractivity contribution in [2.45, 2.75) is 26.1 Å². The molecule has 1 atom stereocenters. The zero-order valence-electron chi connectivity index (χ0n) is 8.14. The minimum absolute atomic E-state index is 0.199. The maximum Gasteiger partial charge on any atom is 0.255 e. The molecule has 0 saturated carbocycles. The first-order chi connectivity index (χ1) is 6.77.